The topological polar surface area (TPSA) is 146 Å². The number of carbonyl (C=O) groups excluding carboxylic acids is 1. The maximum atomic E-state index is 15.1. The quantitative estimate of drug-likeness (QED) is 0.151. The third-order valence-electron chi connectivity index (χ3n) is 8.58. The summed E-state index contributed by atoms with van der Waals surface area (Å²) in [5.74, 6) is -3.95. The number of nitrogens with two attached hydrogens (primary N) is 1. The molecule has 0 bridgehead atoms. The molecule has 270 valence electrons. The van der Waals surface area contributed by atoms with Crippen LogP contribution in [0.3, 0.4) is 0 Å². The highest BCUT2D eigenvalue weighted by atomic mass is 19.4. The summed E-state index contributed by atoms with van der Waals surface area (Å²) in [6.45, 7) is 1.79. The van der Waals surface area contributed by atoms with Gasteiger partial charge < -0.3 is 21.1 Å². The van der Waals surface area contributed by atoms with Crippen LogP contribution in [0.25, 0.3) is 22.0 Å². The molecule has 0 radical (unpaired) electrons. The average molecular weight is 727 g/mol. The van der Waals surface area contributed by atoms with E-state index in [1.54, 1.807) is 18.2 Å². The predicted octanol–water partition coefficient (Wildman–Crippen LogP) is 5.29. The average Bonchev–Trinajstić information content (AvgIpc) is 3.82. The molecule has 2 heterocycles. The van der Waals surface area contributed by atoms with Crippen molar-refractivity contribution in [3.05, 3.63) is 105 Å². The van der Waals surface area contributed by atoms with Crippen LogP contribution >= 0.6 is 0 Å². The molecule has 0 unspecified atom stereocenters. The number of nitrogens with one attached hydrogen (secondary N) is 2. The number of benzene rings is 2. The van der Waals surface area contributed by atoms with Crippen molar-refractivity contribution >= 4 is 22.5 Å². The Morgan fingerprint density at radius 3 is 2.52 bits per heavy atom. The predicted molar refractivity (Wildman–Crippen MR) is 176 cm³/mol. The van der Waals surface area contributed by atoms with Crippen molar-refractivity contribution in [1.29, 1.82) is 0 Å². The van der Waals surface area contributed by atoms with E-state index in [1.807, 2.05) is 0 Å². The van der Waals surface area contributed by atoms with Crippen LogP contribution < -0.4 is 16.6 Å². The molecule has 4 aromatic rings. The maximum absolute atomic E-state index is 15.1. The van der Waals surface area contributed by atoms with Gasteiger partial charge in [-0.2, -0.15) is 22.0 Å². The van der Waals surface area contributed by atoms with E-state index < -0.39 is 82.2 Å². The summed E-state index contributed by atoms with van der Waals surface area (Å²) in [4.78, 5) is 41.1. The van der Waals surface area contributed by atoms with Gasteiger partial charge in [0.05, 0.1) is 29.0 Å². The molecule has 0 saturated heterocycles. The van der Waals surface area contributed by atoms with Crippen LogP contribution in [-0.4, -0.2) is 55.9 Å². The second-order valence-corrected chi connectivity index (χ2v) is 13.0. The van der Waals surface area contributed by atoms with Crippen molar-refractivity contribution < 1.29 is 40.6 Å². The number of carbonyl (C=O) groups is 1. The molecule has 2 aromatic heterocycles. The van der Waals surface area contributed by atoms with Crippen molar-refractivity contribution in [2.45, 2.75) is 50.4 Å². The minimum atomic E-state index is -5.11. The molecular formula is C36H29F7N6O3. The molecule has 52 heavy (non-hydrogen) atoms. The number of halogens is 7. The van der Waals surface area contributed by atoms with Crippen molar-refractivity contribution in [1.82, 2.24) is 20.3 Å². The molecule has 0 aliphatic heterocycles. The minimum Gasteiger partial charge on any atom is -0.394 e. The first-order valence-electron chi connectivity index (χ1n) is 15.8. The zero-order chi connectivity index (χ0) is 37.7. The number of allylic oxidation sites excluding steroid dienone is 2. The Morgan fingerprint density at radius 2 is 1.85 bits per heavy atom. The van der Waals surface area contributed by atoms with Crippen LogP contribution in [-0.2, 0) is 11.2 Å². The van der Waals surface area contributed by atoms with Gasteiger partial charge in [0, 0.05) is 28.7 Å². The molecule has 9 nitrogen and oxygen atoms in total. The monoisotopic (exact) mass is 726 g/mol. The Labute approximate surface area is 290 Å². The molecule has 16 heteroatoms. The largest absolute Gasteiger partial charge is 0.431 e. The summed E-state index contributed by atoms with van der Waals surface area (Å²) in [7, 11) is 0. The highest BCUT2D eigenvalue weighted by Crippen LogP contribution is 2.62. The number of H-pyrrole nitrogens is 1. The van der Waals surface area contributed by atoms with E-state index in [-0.39, 0.29) is 46.3 Å². The number of hydrogen-bond donors (Lipinski definition) is 4. The number of fused-ring (bicyclic) bond motifs is 2. The van der Waals surface area contributed by atoms with Crippen LogP contribution in [0.5, 0.6) is 0 Å². The summed E-state index contributed by atoms with van der Waals surface area (Å²) >= 11 is 0. The molecule has 1 amide bonds. The van der Waals surface area contributed by atoms with Crippen LogP contribution in [0.2, 0.25) is 0 Å². The number of alkyl halides is 5. The summed E-state index contributed by atoms with van der Waals surface area (Å²) in [5.41, 5.74) is 0.565. The number of aliphatic imine (C=N–C) groups is 1. The lowest BCUT2D eigenvalue weighted by atomic mass is 9.93. The SMILES string of the molecule is CC(C)(O)C#Cc1ccc(-c2cccc3c(=O)[nH]cnc23)c([C@H](Cc2cc(F)cc(F)c2)NC(=O)CN=C2C(=C(N)C(F)(F)F)[C@H]3C[C@H]3C2(F)F)n1. The molecule has 2 aliphatic rings. The molecule has 5 N–H and O–H groups in total. The number of aromatic nitrogens is 3. The van der Waals surface area contributed by atoms with Crippen LogP contribution in [0, 0.1) is 35.3 Å². The normalized spacial score (nSPS) is 20.2. The zero-order valence-corrected chi connectivity index (χ0v) is 27.4. The number of pyridine rings is 1. The standard InChI is InChI=1S/C36H29F7N6O3/c1-34(2,52)9-8-20-6-7-22(21-4-3-5-23-29(21)46-16-47-33(23)51)30(48-20)26(12-17-10-18(37)13-19(38)11-17)49-27(50)15-45-32-28(31(44)36(41,42)43)24-14-25(24)35(32,39)40/h3-7,10-11,13,16,24-26,52H,12,14-15,44H2,1-2H3,(H,49,50)(H,46,47,51)/t24-,25+,26-/m0/s1. The van der Waals surface area contributed by atoms with Gasteiger partial charge in [-0.3, -0.25) is 14.6 Å². The van der Waals surface area contributed by atoms with Crippen LogP contribution in [0.4, 0.5) is 30.7 Å². The van der Waals surface area contributed by atoms with Crippen molar-refractivity contribution in [2.24, 2.45) is 22.6 Å². The Balaban J connectivity index is 1.47. The fourth-order valence-electron chi connectivity index (χ4n) is 6.26. The molecule has 6 rings (SSSR count). The molecular weight excluding hydrogens is 697 g/mol. The molecule has 2 fully saturated rings. The van der Waals surface area contributed by atoms with Gasteiger partial charge in [0.25, 0.3) is 11.5 Å². The van der Waals surface area contributed by atoms with Gasteiger partial charge in [0.15, 0.2) is 0 Å². The van der Waals surface area contributed by atoms with E-state index in [9.17, 15) is 36.6 Å². The fourth-order valence-corrected chi connectivity index (χ4v) is 6.26. The van der Waals surface area contributed by atoms with Gasteiger partial charge in [-0.05, 0) is 74.4 Å². The Bertz CT molecular complexity index is 2260. The number of rotatable bonds is 7. The molecule has 2 saturated carbocycles. The van der Waals surface area contributed by atoms with Crippen molar-refractivity contribution in [3.8, 4) is 23.0 Å². The first-order valence-corrected chi connectivity index (χ1v) is 15.8. The van der Waals surface area contributed by atoms with Gasteiger partial charge in [0.2, 0.25) is 5.91 Å². The van der Waals surface area contributed by atoms with Gasteiger partial charge in [-0.25, -0.2) is 18.7 Å². The highest BCUT2D eigenvalue weighted by Gasteiger charge is 2.68. The second-order valence-electron chi connectivity index (χ2n) is 13.0. The van der Waals surface area contributed by atoms with Gasteiger partial charge in [-0.15, -0.1) is 0 Å². The van der Waals surface area contributed by atoms with Gasteiger partial charge in [0.1, 0.15) is 40.9 Å². The third-order valence-corrected chi connectivity index (χ3v) is 8.58. The van der Waals surface area contributed by atoms with Gasteiger partial charge in [-0.1, -0.05) is 18.1 Å². The summed E-state index contributed by atoms with van der Waals surface area (Å²) in [5, 5.41) is 13.0. The third kappa shape index (κ3) is 7.40. The lowest BCUT2D eigenvalue weighted by molar-refractivity contribution is -0.120. The first-order chi connectivity index (χ1) is 24.3. The van der Waals surface area contributed by atoms with E-state index in [0.717, 1.165) is 12.1 Å². The highest BCUT2D eigenvalue weighted by molar-refractivity contribution is 6.11. The zero-order valence-electron chi connectivity index (χ0n) is 27.4. The number of para-hydroxylation sites is 1. The second kappa shape index (κ2) is 13.2. The smallest absolute Gasteiger partial charge is 0.394 e. The van der Waals surface area contributed by atoms with E-state index in [4.69, 9.17) is 5.73 Å². The maximum Gasteiger partial charge on any atom is 0.431 e. The number of aromatic amines is 1. The van der Waals surface area contributed by atoms with E-state index in [0.29, 0.717) is 11.6 Å². The Morgan fingerprint density at radius 1 is 1.13 bits per heavy atom. The fraction of sp³-hybridized carbons (Fsp3) is 0.306. The van der Waals surface area contributed by atoms with E-state index >= 15 is 8.78 Å². The van der Waals surface area contributed by atoms with E-state index in [1.165, 1.54) is 32.3 Å². The Hall–Kier alpha value is -5.56. The lowest BCUT2D eigenvalue weighted by Gasteiger charge is -2.22. The summed E-state index contributed by atoms with van der Waals surface area (Å²) < 4.78 is 99.5. The number of nitrogens with zero attached hydrogens (tertiary/aromatic N) is 3. The lowest BCUT2D eigenvalue weighted by Crippen LogP contribution is -2.35. The minimum absolute atomic E-state index is 0.0251. The summed E-state index contributed by atoms with van der Waals surface area (Å²) in [6, 6.07) is 9.05. The van der Waals surface area contributed by atoms with Gasteiger partial charge >= 0.3 is 6.18 Å². The van der Waals surface area contributed by atoms with Crippen molar-refractivity contribution in [2.75, 3.05) is 6.54 Å². The molecule has 2 aromatic carbocycles. The van der Waals surface area contributed by atoms with E-state index in [2.05, 4.69) is 37.1 Å². The van der Waals surface area contributed by atoms with Crippen molar-refractivity contribution in [3.63, 3.8) is 0 Å². The van der Waals surface area contributed by atoms with Crippen LogP contribution in [0.15, 0.2) is 75.9 Å². The number of aliphatic hydroxyl groups is 1. The number of hydrogen-bond acceptors (Lipinski definition) is 7. The Kier molecular flexibility index (Phi) is 9.20. The first kappa shape index (κ1) is 36.2. The number of amides is 1. The molecule has 3 atom stereocenters. The summed E-state index contributed by atoms with van der Waals surface area (Å²) in [6.07, 6.45) is -4.49. The molecule has 2 aliphatic carbocycles. The molecule has 0 spiro atoms. The van der Waals surface area contributed by atoms with Crippen LogP contribution in [0.1, 0.15) is 43.3 Å².